The van der Waals surface area contributed by atoms with Crippen LogP contribution in [0.15, 0.2) is 24.3 Å². The zero-order valence-corrected chi connectivity index (χ0v) is 13.4. The molecule has 0 aromatic carbocycles. The van der Waals surface area contributed by atoms with Crippen LogP contribution in [0.2, 0.25) is 0 Å². The second kappa shape index (κ2) is 13.4. The monoisotopic (exact) mass is 308 g/mol. The van der Waals surface area contributed by atoms with Gasteiger partial charge in [-0.1, -0.05) is 18.2 Å². The third-order valence-corrected chi connectivity index (χ3v) is 3.39. The van der Waals surface area contributed by atoms with Crippen molar-refractivity contribution in [1.29, 1.82) is 0 Å². The lowest BCUT2D eigenvalue weighted by molar-refractivity contribution is -0.118. The lowest BCUT2D eigenvalue weighted by Gasteiger charge is -2.05. The number of allylic oxidation sites excluding steroid dienone is 4. The summed E-state index contributed by atoms with van der Waals surface area (Å²) in [5, 5.41) is 0. The van der Waals surface area contributed by atoms with E-state index in [1.165, 1.54) is 0 Å². The van der Waals surface area contributed by atoms with E-state index in [9.17, 15) is 9.59 Å². The van der Waals surface area contributed by atoms with Crippen LogP contribution in [0.3, 0.4) is 0 Å². The van der Waals surface area contributed by atoms with Gasteiger partial charge in [-0.3, -0.25) is 9.59 Å². The van der Waals surface area contributed by atoms with E-state index in [1.54, 1.807) is 6.08 Å². The van der Waals surface area contributed by atoms with Gasteiger partial charge in [-0.2, -0.15) is 0 Å². The summed E-state index contributed by atoms with van der Waals surface area (Å²) in [5.41, 5.74) is 0. The molecule has 0 bridgehead atoms. The summed E-state index contributed by atoms with van der Waals surface area (Å²) in [6.07, 6.45) is 13.6. The van der Waals surface area contributed by atoms with Crippen molar-refractivity contribution in [2.45, 2.75) is 51.4 Å². The molecule has 0 fully saturated rings. The predicted molar refractivity (Wildman–Crippen MR) is 86.9 cm³/mol. The zero-order valence-electron chi connectivity index (χ0n) is 13.4. The molecule has 4 nitrogen and oxygen atoms in total. The highest BCUT2D eigenvalue weighted by Crippen LogP contribution is 2.03. The first kappa shape index (κ1) is 18.8. The molecule has 124 valence electrons. The van der Waals surface area contributed by atoms with Crippen LogP contribution in [-0.4, -0.2) is 38.0 Å². The minimum atomic E-state index is 0.162. The fourth-order valence-electron chi connectivity index (χ4n) is 2.13. The molecule has 0 unspecified atom stereocenters. The molecule has 0 radical (unpaired) electrons. The summed E-state index contributed by atoms with van der Waals surface area (Å²) in [4.78, 5) is 23.2. The minimum absolute atomic E-state index is 0.162. The van der Waals surface area contributed by atoms with Crippen molar-refractivity contribution in [2.75, 3.05) is 26.4 Å². The maximum Gasteiger partial charge on any atom is 0.155 e. The smallest absolute Gasteiger partial charge is 0.155 e. The van der Waals surface area contributed by atoms with Crippen molar-refractivity contribution in [1.82, 2.24) is 0 Å². The van der Waals surface area contributed by atoms with Gasteiger partial charge < -0.3 is 9.47 Å². The van der Waals surface area contributed by atoms with Gasteiger partial charge in [0.15, 0.2) is 5.78 Å². The van der Waals surface area contributed by atoms with Gasteiger partial charge >= 0.3 is 0 Å². The van der Waals surface area contributed by atoms with E-state index in [0.29, 0.717) is 45.7 Å². The highest BCUT2D eigenvalue weighted by atomic mass is 16.5. The molecule has 0 spiro atoms. The Balaban J connectivity index is 2.30. The molecular weight excluding hydrogens is 280 g/mol. The topological polar surface area (TPSA) is 52.6 Å². The van der Waals surface area contributed by atoms with Crippen LogP contribution in [0.1, 0.15) is 51.4 Å². The van der Waals surface area contributed by atoms with E-state index < -0.39 is 0 Å². The number of carbonyl (C=O) groups is 2. The van der Waals surface area contributed by atoms with E-state index in [1.807, 2.05) is 12.2 Å². The van der Waals surface area contributed by atoms with Gasteiger partial charge in [0.25, 0.3) is 0 Å². The zero-order chi connectivity index (χ0) is 15.9. The molecule has 1 aliphatic rings. The molecule has 0 amide bonds. The quantitative estimate of drug-likeness (QED) is 0.644. The Hall–Kier alpha value is -1.26. The number of hydrogen-bond donors (Lipinski definition) is 0. The van der Waals surface area contributed by atoms with Crippen molar-refractivity contribution in [3.63, 3.8) is 0 Å². The van der Waals surface area contributed by atoms with Gasteiger partial charge in [0.05, 0.1) is 13.2 Å². The van der Waals surface area contributed by atoms with E-state index in [-0.39, 0.29) is 11.6 Å². The maximum atomic E-state index is 11.6. The van der Waals surface area contributed by atoms with Gasteiger partial charge in [0, 0.05) is 32.5 Å². The highest BCUT2D eigenvalue weighted by molar-refractivity contribution is 5.89. The summed E-state index contributed by atoms with van der Waals surface area (Å²) >= 11 is 0. The van der Waals surface area contributed by atoms with E-state index >= 15 is 0 Å². The molecule has 1 heterocycles. The van der Waals surface area contributed by atoms with E-state index in [4.69, 9.17) is 9.47 Å². The van der Waals surface area contributed by atoms with Gasteiger partial charge in [-0.05, 0) is 38.2 Å². The van der Waals surface area contributed by atoms with Crippen molar-refractivity contribution >= 4 is 11.6 Å². The molecular formula is C18H28O4. The minimum Gasteiger partial charge on any atom is -0.379 e. The van der Waals surface area contributed by atoms with Crippen LogP contribution < -0.4 is 0 Å². The van der Waals surface area contributed by atoms with Crippen molar-refractivity contribution in [3.8, 4) is 0 Å². The normalized spacial score (nSPS) is 21.6. The molecule has 0 aliphatic carbocycles. The Morgan fingerprint density at radius 1 is 0.727 bits per heavy atom. The van der Waals surface area contributed by atoms with Crippen LogP contribution in [0.25, 0.3) is 0 Å². The van der Waals surface area contributed by atoms with Gasteiger partial charge in [0.1, 0.15) is 5.78 Å². The summed E-state index contributed by atoms with van der Waals surface area (Å²) in [6, 6.07) is 0. The largest absolute Gasteiger partial charge is 0.379 e. The molecule has 0 N–H and O–H groups in total. The molecule has 0 aromatic heterocycles. The maximum absolute atomic E-state index is 11.6. The lowest BCUT2D eigenvalue weighted by Crippen LogP contribution is -2.08. The number of carbonyl (C=O) groups excluding carboxylic acids is 2. The summed E-state index contributed by atoms with van der Waals surface area (Å²) in [6.45, 7) is 2.27. The predicted octanol–water partition coefficient (Wildman–Crippen LogP) is 3.40. The van der Waals surface area contributed by atoms with E-state index in [0.717, 1.165) is 32.1 Å². The molecule has 22 heavy (non-hydrogen) atoms. The summed E-state index contributed by atoms with van der Waals surface area (Å²) in [5.74, 6) is 0.423. The SMILES string of the molecule is O=C1C=CCCCC=CCC(=O)CCCOCCOCCC1. The molecule has 4 heteroatoms. The van der Waals surface area contributed by atoms with Crippen molar-refractivity contribution in [3.05, 3.63) is 24.3 Å². The molecule has 0 saturated heterocycles. The number of rotatable bonds is 0. The molecule has 0 atom stereocenters. The summed E-state index contributed by atoms with van der Waals surface area (Å²) in [7, 11) is 0. The third-order valence-electron chi connectivity index (χ3n) is 3.39. The Bertz CT molecular complexity index is 371. The van der Waals surface area contributed by atoms with Crippen LogP contribution >= 0.6 is 0 Å². The fourth-order valence-corrected chi connectivity index (χ4v) is 2.13. The molecule has 1 aliphatic heterocycles. The van der Waals surface area contributed by atoms with Crippen molar-refractivity contribution < 1.29 is 19.1 Å². The summed E-state index contributed by atoms with van der Waals surface area (Å²) < 4.78 is 10.8. The van der Waals surface area contributed by atoms with Crippen molar-refractivity contribution in [2.24, 2.45) is 0 Å². The first-order chi connectivity index (χ1) is 10.8. The second-order valence-electron chi connectivity index (χ2n) is 5.45. The first-order valence-corrected chi connectivity index (χ1v) is 8.30. The average molecular weight is 308 g/mol. The number of ketones is 2. The Kier molecular flexibility index (Phi) is 11.4. The van der Waals surface area contributed by atoms with Crippen LogP contribution in [0, 0.1) is 0 Å². The highest BCUT2D eigenvalue weighted by Gasteiger charge is 2.00. The average Bonchev–Trinajstić information content (AvgIpc) is 2.50. The van der Waals surface area contributed by atoms with E-state index in [2.05, 4.69) is 6.08 Å². The van der Waals surface area contributed by atoms with Crippen LogP contribution in [0.4, 0.5) is 0 Å². The van der Waals surface area contributed by atoms with Crippen LogP contribution in [0.5, 0.6) is 0 Å². The Morgan fingerprint density at radius 2 is 1.41 bits per heavy atom. The van der Waals surface area contributed by atoms with Gasteiger partial charge in [-0.25, -0.2) is 0 Å². The third kappa shape index (κ3) is 11.4. The Labute approximate surface area is 133 Å². The van der Waals surface area contributed by atoms with Gasteiger partial charge in [-0.15, -0.1) is 0 Å². The second-order valence-corrected chi connectivity index (χ2v) is 5.45. The number of Topliss-reactive ketones (excluding diaryl/α,β-unsaturated/α-hetero) is 1. The van der Waals surface area contributed by atoms with Gasteiger partial charge in [0.2, 0.25) is 0 Å². The molecule has 1 rings (SSSR count). The molecule has 0 saturated carbocycles. The number of hydrogen-bond acceptors (Lipinski definition) is 4. The lowest BCUT2D eigenvalue weighted by atomic mass is 10.1. The van der Waals surface area contributed by atoms with Crippen LogP contribution in [-0.2, 0) is 19.1 Å². The Morgan fingerprint density at radius 3 is 2.18 bits per heavy atom. The fraction of sp³-hybridized carbons (Fsp3) is 0.667. The number of ether oxygens (including phenoxy) is 2. The molecule has 0 aromatic rings. The first-order valence-electron chi connectivity index (χ1n) is 8.30. The standard InChI is InChI=1S/C18H28O4/c19-17-9-5-3-1-2-4-6-10-18(20)12-8-14-22-16-15-21-13-7-11-17/h3,5-6,10H,1-2,4,7-9,11-16H2.